The molecule has 1 amide bonds. The van der Waals surface area contributed by atoms with Gasteiger partial charge in [0.25, 0.3) is 5.91 Å². The number of piperidine rings is 1. The summed E-state index contributed by atoms with van der Waals surface area (Å²) >= 11 is 1.44. The van der Waals surface area contributed by atoms with Crippen LogP contribution in [0.2, 0.25) is 0 Å². The van der Waals surface area contributed by atoms with E-state index in [2.05, 4.69) is 25.4 Å². The lowest BCUT2D eigenvalue weighted by molar-refractivity contribution is 0.102. The second-order valence-electron chi connectivity index (χ2n) is 5.03. The maximum Gasteiger partial charge on any atom is 0.257 e. The van der Waals surface area contributed by atoms with Crippen molar-refractivity contribution in [1.82, 2.24) is 20.1 Å². The topological polar surface area (TPSA) is 71.0 Å². The summed E-state index contributed by atoms with van der Waals surface area (Å²) in [6.45, 7) is 3.07. The normalized spacial score (nSPS) is 15.8. The van der Waals surface area contributed by atoms with Gasteiger partial charge >= 0.3 is 0 Å². The second kappa shape index (κ2) is 6.73. The molecule has 1 saturated heterocycles. The number of aromatic nitrogens is 3. The minimum absolute atomic E-state index is 0.182. The van der Waals surface area contributed by atoms with Gasteiger partial charge in [-0.15, -0.1) is 10.2 Å². The van der Waals surface area contributed by atoms with E-state index in [9.17, 15) is 4.79 Å². The Labute approximate surface area is 127 Å². The van der Waals surface area contributed by atoms with E-state index in [1.165, 1.54) is 30.6 Å². The van der Waals surface area contributed by atoms with Gasteiger partial charge in [0.1, 0.15) is 5.01 Å². The van der Waals surface area contributed by atoms with Gasteiger partial charge in [-0.1, -0.05) is 17.8 Å². The molecule has 2 aromatic heterocycles. The molecule has 3 rings (SSSR count). The average molecular weight is 303 g/mol. The molecular weight excluding hydrogens is 286 g/mol. The highest BCUT2D eigenvalue weighted by atomic mass is 32.1. The Kier molecular flexibility index (Phi) is 4.52. The summed E-state index contributed by atoms with van der Waals surface area (Å²) in [6, 6.07) is 3.34. The van der Waals surface area contributed by atoms with Crippen LogP contribution in [0.25, 0.3) is 0 Å². The Morgan fingerprint density at radius 3 is 2.71 bits per heavy atom. The van der Waals surface area contributed by atoms with Crippen LogP contribution in [0.5, 0.6) is 0 Å². The first kappa shape index (κ1) is 14.1. The van der Waals surface area contributed by atoms with E-state index in [4.69, 9.17) is 0 Å². The summed E-state index contributed by atoms with van der Waals surface area (Å²) in [5, 5.41) is 12.5. The third-order valence-corrected chi connectivity index (χ3v) is 4.26. The zero-order valence-electron chi connectivity index (χ0n) is 11.7. The number of carbonyl (C=O) groups is 1. The van der Waals surface area contributed by atoms with Crippen molar-refractivity contribution in [2.45, 2.75) is 25.8 Å². The summed E-state index contributed by atoms with van der Waals surface area (Å²) in [5.41, 5.74) is 0.567. The number of hydrogen-bond acceptors (Lipinski definition) is 6. The smallest absolute Gasteiger partial charge is 0.257 e. The number of nitrogens with zero attached hydrogens (tertiary/aromatic N) is 4. The van der Waals surface area contributed by atoms with Gasteiger partial charge in [0, 0.05) is 18.0 Å². The van der Waals surface area contributed by atoms with Crippen LogP contribution in [0.3, 0.4) is 0 Å². The van der Waals surface area contributed by atoms with Crippen molar-refractivity contribution >= 4 is 22.4 Å². The molecule has 0 unspecified atom stereocenters. The minimum atomic E-state index is -0.182. The molecule has 0 radical (unpaired) electrons. The van der Waals surface area contributed by atoms with Crippen LogP contribution >= 0.6 is 11.3 Å². The van der Waals surface area contributed by atoms with Gasteiger partial charge in [0.2, 0.25) is 5.13 Å². The largest absolute Gasteiger partial charge is 0.297 e. The summed E-state index contributed by atoms with van der Waals surface area (Å²) in [6.07, 6.45) is 7.02. The van der Waals surface area contributed by atoms with Gasteiger partial charge in [-0.3, -0.25) is 20.0 Å². The number of amides is 1. The monoisotopic (exact) mass is 303 g/mol. The molecule has 1 N–H and O–H groups in total. The van der Waals surface area contributed by atoms with E-state index in [-0.39, 0.29) is 5.91 Å². The number of anilines is 1. The fourth-order valence-corrected chi connectivity index (χ4v) is 3.13. The second-order valence-corrected chi connectivity index (χ2v) is 6.09. The molecule has 0 spiro atoms. The predicted octanol–water partition coefficient (Wildman–Crippen LogP) is 2.17. The van der Waals surface area contributed by atoms with Crippen molar-refractivity contribution in [3.05, 3.63) is 35.1 Å². The molecule has 0 atom stereocenters. The van der Waals surface area contributed by atoms with E-state index in [0.717, 1.165) is 24.6 Å². The lowest BCUT2D eigenvalue weighted by atomic mass is 10.1. The molecule has 3 heterocycles. The number of carbonyl (C=O) groups excluding carboxylic acids is 1. The molecule has 2 aromatic rings. The molecule has 1 fully saturated rings. The first-order chi connectivity index (χ1) is 10.3. The lowest BCUT2D eigenvalue weighted by Gasteiger charge is -2.24. The fourth-order valence-electron chi connectivity index (χ4n) is 2.35. The van der Waals surface area contributed by atoms with Crippen LogP contribution in [0, 0.1) is 0 Å². The van der Waals surface area contributed by atoms with E-state index < -0.39 is 0 Å². The molecule has 6 nitrogen and oxygen atoms in total. The summed E-state index contributed by atoms with van der Waals surface area (Å²) < 4.78 is 0. The Hall–Kier alpha value is -1.86. The van der Waals surface area contributed by atoms with Gasteiger partial charge in [0.15, 0.2) is 0 Å². The quantitative estimate of drug-likeness (QED) is 0.937. The van der Waals surface area contributed by atoms with Crippen LogP contribution in [0.4, 0.5) is 5.13 Å². The number of likely N-dealkylation sites (tertiary alicyclic amines) is 1. The van der Waals surface area contributed by atoms with Crippen LogP contribution in [0.15, 0.2) is 24.5 Å². The Morgan fingerprint density at radius 1 is 1.19 bits per heavy atom. The summed E-state index contributed by atoms with van der Waals surface area (Å²) in [7, 11) is 0. The lowest BCUT2D eigenvalue weighted by Crippen LogP contribution is -2.28. The highest BCUT2D eigenvalue weighted by Crippen LogP contribution is 2.19. The van der Waals surface area contributed by atoms with E-state index >= 15 is 0 Å². The number of pyridine rings is 1. The first-order valence-electron chi connectivity index (χ1n) is 7.07. The zero-order chi connectivity index (χ0) is 14.5. The van der Waals surface area contributed by atoms with Crippen molar-refractivity contribution in [2.24, 2.45) is 0 Å². The maximum absolute atomic E-state index is 12.0. The van der Waals surface area contributed by atoms with Crippen LogP contribution in [-0.4, -0.2) is 39.1 Å². The number of hydrogen-bond donors (Lipinski definition) is 1. The Bertz CT molecular complexity index is 594. The van der Waals surface area contributed by atoms with Crippen LogP contribution < -0.4 is 5.32 Å². The maximum atomic E-state index is 12.0. The molecule has 110 valence electrons. The molecular formula is C14H17N5OS. The van der Waals surface area contributed by atoms with Crippen LogP contribution in [0.1, 0.15) is 34.6 Å². The van der Waals surface area contributed by atoms with Crippen LogP contribution in [-0.2, 0) is 6.54 Å². The van der Waals surface area contributed by atoms with Gasteiger partial charge in [-0.2, -0.15) is 0 Å². The Morgan fingerprint density at radius 2 is 1.95 bits per heavy atom. The van der Waals surface area contributed by atoms with E-state index in [1.54, 1.807) is 24.5 Å². The first-order valence-corrected chi connectivity index (χ1v) is 7.89. The van der Waals surface area contributed by atoms with Crippen molar-refractivity contribution < 1.29 is 4.79 Å². The van der Waals surface area contributed by atoms with Crippen molar-refractivity contribution in [3.8, 4) is 0 Å². The van der Waals surface area contributed by atoms with Gasteiger partial charge in [-0.05, 0) is 38.1 Å². The van der Waals surface area contributed by atoms with E-state index in [1.807, 2.05) is 0 Å². The van der Waals surface area contributed by atoms with Gasteiger partial charge < -0.3 is 0 Å². The fraction of sp³-hybridized carbons (Fsp3) is 0.429. The summed E-state index contributed by atoms with van der Waals surface area (Å²) in [4.78, 5) is 18.3. The van der Waals surface area contributed by atoms with Crippen molar-refractivity contribution in [1.29, 1.82) is 0 Å². The highest BCUT2D eigenvalue weighted by Gasteiger charge is 2.14. The number of nitrogens with one attached hydrogen (secondary N) is 1. The third kappa shape index (κ3) is 3.83. The summed E-state index contributed by atoms with van der Waals surface area (Å²) in [5.74, 6) is -0.182. The number of rotatable bonds is 4. The highest BCUT2D eigenvalue weighted by molar-refractivity contribution is 7.15. The van der Waals surface area contributed by atoms with Gasteiger partial charge in [-0.25, -0.2) is 0 Å². The van der Waals surface area contributed by atoms with Crippen molar-refractivity contribution in [3.63, 3.8) is 0 Å². The standard InChI is InChI=1S/C14H17N5OS/c20-13(11-4-6-15-7-5-11)16-14-18-17-12(21-14)10-19-8-2-1-3-9-19/h4-7H,1-3,8-10H2,(H,16,18,20). The molecule has 1 aliphatic rings. The van der Waals surface area contributed by atoms with E-state index in [0.29, 0.717) is 10.7 Å². The molecule has 1 aliphatic heterocycles. The third-order valence-electron chi connectivity index (χ3n) is 3.44. The molecule has 0 saturated carbocycles. The molecule has 0 bridgehead atoms. The SMILES string of the molecule is O=C(Nc1nnc(CN2CCCCC2)s1)c1ccncc1. The minimum Gasteiger partial charge on any atom is -0.297 e. The Balaban J connectivity index is 1.58. The average Bonchev–Trinajstić information content (AvgIpc) is 2.96. The molecule has 7 heteroatoms. The predicted molar refractivity (Wildman–Crippen MR) is 81.2 cm³/mol. The molecule has 0 aromatic carbocycles. The molecule has 21 heavy (non-hydrogen) atoms. The molecule has 0 aliphatic carbocycles. The van der Waals surface area contributed by atoms with Crippen molar-refractivity contribution in [2.75, 3.05) is 18.4 Å². The zero-order valence-corrected chi connectivity index (χ0v) is 12.5. The van der Waals surface area contributed by atoms with Gasteiger partial charge in [0.05, 0.1) is 6.54 Å².